The van der Waals surface area contributed by atoms with Crippen LogP contribution in [-0.4, -0.2) is 36.7 Å². The quantitative estimate of drug-likeness (QED) is 0.566. The molecule has 0 N–H and O–H groups in total. The molecule has 1 aromatic carbocycles. The first-order chi connectivity index (χ1) is 11.7. The zero-order chi connectivity index (χ0) is 17.2. The highest BCUT2D eigenvalue weighted by Gasteiger charge is 2.24. The van der Waals surface area contributed by atoms with E-state index < -0.39 is 0 Å². The van der Waals surface area contributed by atoms with Gasteiger partial charge in [-0.1, -0.05) is 43.0 Å². The van der Waals surface area contributed by atoms with Gasteiger partial charge in [-0.05, 0) is 30.7 Å². The predicted molar refractivity (Wildman–Crippen MR) is 91.3 cm³/mol. The molecule has 0 saturated carbocycles. The lowest BCUT2D eigenvalue weighted by Gasteiger charge is -2.31. The summed E-state index contributed by atoms with van der Waals surface area (Å²) < 4.78 is 10.3. The topological polar surface area (TPSA) is 55.8 Å². The highest BCUT2D eigenvalue weighted by atomic mass is 16.6. The molecule has 1 fully saturated rings. The number of carbonyl (C=O) groups is 2. The molecule has 0 atom stereocenters. The van der Waals surface area contributed by atoms with Crippen molar-refractivity contribution >= 4 is 12.1 Å². The van der Waals surface area contributed by atoms with Crippen LogP contribution in [0.1, 0.15) is 31.2 Å². The Bertz CT molecular complexity index is 536. The van der Waals surface area contributed by atoms with Gasteiger partial charge < -0.3 is 14.4 Å². The van der Waals surface area contributed by atoms with Crippen LogP contribution in [0, 0.1) is 5.92 Å². The minimum absolute atomic E-state index is 0.181. The Labute approximate surface area is 143 Å². The van der Waals surface area contributed by atoms with Gasteiger partial charge in [-0.25, -0.2) is 4.79 Å². The van der Waals surface area contributed by atoms with Crippen LogP contribution in [0.3, 0.4) is 0 Å². The van der Waals surface area contributed by atoms with Crippen LogP contribution < -0.4 is 0 Å². The van der Waals surface area contributed by atoms with E-state index in [-0.39, 0.29) is 18.7 Å². The van der Waals surface area contributed by atoms with E-state index in [1.165, 1.54) is 0 Å². The molecule has 1 heterocycles. The number of ether oxygens (including phenoxy) is 2. The molecular weight excluding hydrogens is 306 g/mol. The monoisotopic (exact) mass is 331 g/mol. The summed E-state index contributed by atoms with van der Waals surface area (Å²) in [7, 11) is 0. The van der Waals surface area contributed by atoms with Crippen molar-refractivity contribution in [3.8, 4) is 0 Å². The van der Waals surface area contributed by atoms with Gasteiger partial charge in [-0.2, -0.15) is 0 Å². The van der Waals surface area contributed by atoms with Gasteiger partial charge in [0.2, 0.25) is 0 Å². The minimum Gasteiger partial charge on any atom is -0.461 e. The molecule has 0 spiro atoms. The van der Waals surface area contributed by atoms with Crippen LogP contribution in [-0.2, 0) is 20.9 Å². The fourth-order valence-electron chi connectivity index (χ4n) is 2.76. The van der Waals surface area contributed by atoms with Gasteiger partial charge in [0.25, 0.3) is 0 Å². The zero-order valence-electron chi connectivity index (χ0n) is 14.0. The molecule has 0 unspecified atom stereocenters. The number of likely N-dealkylation sites (tertiary alicyclic amines) is 1. The van der Waals surface area contributed by atoms with E-state index in [0.29, 0.717) is 32.0 Å². The third-order valence-corrected chi connectivity index (χ3v) is 4.20. The molecule has 0 bridgehead atoms. The molecule has 1 aliphatic rings. The van der Waals surface area contributed by atoms with Gasteiger partial charge in [0.05, 0.1) is 0 Å². The van der Waals surface area contributed by atoms with Gasteiger partial charge >= 0.3 is 12.1 Å². The Hall–Kier alpha value is -2.30. The fraction of sp³-hybridized carbons (Fsp3) is 0.474. The van der Waals surface area contributed by atoms with Gasteiger partial charge in [-0.3, -0.25) is 4.79 Å². The van der Waals surface area contributed by atoms with Gasteiger partial charge in [0, 0.05) is 19.5 Å². The van der Waals surface area contributed by atoms with Crippen molar-refractivity contribution in [2.24, 2.45) is 5.92 Å². The van der Waals surface area contributed by atoms with E-state index in [4.69, 9.17) is 9.47 Å². The predicted octanol–water partition coefficient (Wildman–Crippen LogP) is 3.54. The highest BCUT2D eigenvalue weighted by molar-refractivity contribution is 5.69. The second-order valence-corrected chi connectivity index (χ2v) is 5.98. The lowest BCUT2D eigenvalue weighted by molar-refractivity contribution is -0.142. The lowest BCUT2D eigenvalue weighted by atomic mass is 9.92. The molecule has 5 heteroatoms. The maximum absolute atomic E-state index is 12.1. The molecular formula is C19H25NO4. The molecule has 1 saturated heterocycles. The van der Waals surface area contributed by atoms with Crippen LogP contribution in [0.2, 0.25) is 0 Å². The Morgan fingerprint density at radius 2 is 1.88 bits per heavy atom. The van der Waals surface area contributed by atoms with E-state index in [1.807, 2.05) is 30.3 Å². The molecule has 2 rings (SSSR count). The van der Waals surface area contributed by atoms with Crippen LogP contribution >= 0.6 is 0 Å². The van der Waals surface area contributed by atoms with Gasteiger partial charge in [0.1, 0.15) is 13.2 Å². The zero-order valence-corrected chi connectivity index (χ0v) is 14.0. The molecule has 130 valence electrons. The Balaban J connectivity index is 1.64. The molecule has 5 nitrogen and oxygen atoms in total. The molecule has 1 amide bonds. The minimum atomic E-state index is -0.261. The third-order valence-electron chi connectivity index (χ3n) is 4.20. The summed E-state index contributed by atoms with van der Waals surface area (Å²) in [5.41, 5.74) is 0.985. The van der Waals surface area contributed by atoms with Crippen LogP contribution in [0.15, 0.2) is 43.0 Å². The summed E-state index contributed by atoms with van der Waals surface area (Å²) in [6.07, 6.45) is 4.34. The van der Waals surface area contributed by atoms with Crippen molar-refractivity contribution in [3.63, 3.8) is 0 Å². The standard InChI is InChI=1S/C19H25NO4/c1-2-14-23-18(21)9-8-16-10-12-20(13-11-16)19(22)24-15-17-6-4-3-5-7-17/h2-7,16H,1,8-15H2. The van der Waals surface area contributed by atoms with E-state index in [9.17, 15) is 9.59 Å². The second-order valence-electron chi connectivity index (χ2n) is 5.98. The largest absolute Gasteiger partial charge is 0.461 e. The number of benzene rings is 1. The Morgan fingerprint density at radius 3 is 2.54 bits per heavy atom. The number of nitrogens with zero attached hydrogens (tertiary/aromatic N) is 1. The van der Waals surface area contributed by atoms with Crippen molar-refractivity contribution in [1.82, 2.24) is 4.90 Å². The third kappa shape index (κ3) is 6.07. The van der Waals surface area contributed by atoms with Gasteiger partial charge in [0.15, 0.2) is 0 Å². The van der Waals surface area contributed by atoms with E-state index in [2.05, 4.69) is 6.58 Å². The van der Waals surface area contributed by atoms with Crippen LogP contribution in [0.25, 0.3) is 0 Å². The molecule has 0 aliphatic carbocycles. The fourth-order valence-corrected chi connectivity index (χ4v) is 2.76. The second kappa shape index (κ2) is 9.75. The number of hydrogen-bond acceptors (Lipinski definition) is 4. The smallest absolute Gasteiger partial charge is 0.410 e. The Kier molecular flexibility index (Phi) is 7.33. The molecule has 24 heavy (non-hydrogen) atoms. The maximum atomic E-state index is 12.1. The first-order valence-corrected chi connectivity index (χ1v) is 8.41. The summed E-state index contributed by atoms with van der Waals surface area (Å²) in [6, 6.07) is 9.66. The molecule has 1 aromatic rings. The number of carbonyl (C=O) groups excluding carboxylic acids is 2. The summed E-state index contributed by atoms with van der Waals surface area (Å²) in [5, 5.41) is 0. The molecule has 1 aliphatic heterocycles. The van der Waals surface area contributed by atoms with Crippen molar-refractivity contribution in [2.75, 3.05) is 19.7 Å². The lowest BCUT2D eigenvalue weighted by Crippen LogP contribution is -2.38. The van der Waals surface area contributed by atoms with Crippen molar-refractivity contribution < 1.29 is 19.1 Å². The first kappa shape index (κ1) is 18.0. The van der Waals surface area contributed by atoms with E-state index in [1.54, 1.807) is 11.0 Å². The summed E-state index contributed by atoms with van der Waals surface area (Å²) in [5.74, 6) is 0.277. The number of piperidine rings is 1. The summed E-state index contributed by atoms with van der Waals surface area (Å²) in [4.78, 5) is 25.3. The Morgan fingerprint density at radius 1 is 1.17 bits per heavy atom. The van der Waals surface area contributed by atoms with Crippen molar-refractivity contribution in [2.45, 2.75) is 32.3 Å². The van der Waals surface area contributed by atoms with E-state index in [0.717, 1.165) is 24.8 Å². The SMILES string of the molecule is C=CCOC(=O)CCC1CCN(C(=O)OCc2ccccc2)CC1. The van der Waals surface area contributed by atoms with Crippen LogP contribution in [0.5, 0.6) is 0 Å². The average Bonchev–Trinajstić information content (AvgIpc) is 2.64. The molecule has 0 aromatic heterocycles. The number of amides is 1. The number of esters is 1. The average molecular weight is 331 g/mol. The van der Waals surface area contributed by atoms with Crippen molar-refractivity contribution in [3.05, 3.63) is 48.6 Å². The summed E-state index contributed by atoms with van der Waals surface area (Å²) >= 11 is 0. The van der Waals surface area contributed by atoms with E-state index >= 15 is 0 Å². The van der Waals surface area contributed by atoms with Crippen LogP contribution in [0.4, 0.5) is 4.79 Å². The maximum Gasteiger partial charge on any atom is 0.410 e. The highest BCUT2D eigenvalue weighted by Crippen LogP contribution is 2.22. The number of rotatable bonds is 7. The molecule has 0 radical (unpaired) electrons. The van der Waals surface area contributed by atoms with Gasteiger partial charge in [-0.15, -0.1) is 0 Å². The summed E-state index contributed by atoms with van der Waals surface area (Å²) in [6.45, 7) is 5.45. The first-order valence-electron chi connectivity index (χ1n) is 8.41. The van der Waals surface area contributed by atoms with Crippen molar-refractivity contribution in [1.29, 1.82) is 0 Å². The number of hydrogen-bond donors (Lipinski definition) is 0. The normalized spacial score (nSPS) is 14.9.